The van der Waals surface area contributed by atoms with Gasteiger partial charge in [-0.25, -0.2) is 4.79 Å². The Hall–Kier alpha value is -2.54. The number of anilines is 1. The van der Waals surface area contributed by atoms with Crippen LogP contribution in [0.15, 0.2) is 18.2 Å². The third-order valence-electron chi connectivity index (χ3n) is 4.94. The third-order valence-corrected chi connectivity index (χ3v) is 6.15. The number of carbonyl (C=O) groups is 2. The zero-order valence-corrected chi connectivity index (χ0v) is 17.9. The summed E-state index contributed by atoms with van der Waals surface area (Å²) in [5, 5.41) is 3.47. The van der Waals surface area contributed by atoms with E-state index in [1.54, 1.807) is 18.2 Å². The number of amides is 1. The van der Waals surface area contributed by atoms with Crippen LogP contribution >= 0.6 is 11.3 Å². The predicted octanol–water partition coefficient (Wildman–Crippen LogP) is 4.85. The average molecular weight is 418 g/mol. The minimum absolute atomic E-state index is 0.300. The molecule has 6 nitrogen and oxygen atoms in total. The maximum absolute atomic E-state index is 13.1. The fourth-order valence-corrected chi connectivity index (χ4v) is 4.83. The molecule has 1 amide bonds. The van der Waals surface area contributed by atoms with E-state index in [0.717, 1.165) is 49.0 Å². The molecule has 0 aliphatic heterocycles. The molecule has 0 unspecified atom stereocenters. The molecule has 0 saturated carbocycles. The van der Waals surface area contributed by atoms with Crippen LogP contribution in [0.1, 0.15) is 63.8 Å². The first-order valence-corrected chi connectivity index (χ1v) is 10.8. The predicted molar refractivity (Wildman–Crippen MR) is 114 cm³/mol. The largest absolute Gasteiger partial charge is 0.496 e. The Morgan fingerprint density at radius 2 is 1.72 bits per heavy atom. The summed E-state index contributed by atoms with van der Waals surface area (Å²) < 4.78 is 16.1. The maximum atomic E-state index is 13.1. The summed E-state index contributed by atoms with van der Waals surface area (Å²) in [6.07, 6.45) is 5.76. The summed E-state index contributed by atoms with van der Waals surface area (Å²) in [4.78, 5) is 27.1. The van der Waals surface area contributed by atoms with E-state index in [4.69, 9.17) is 14.2 Å². The van der Waals surface area contributed by atoms with Crippen molar-refractivity contribution in [2.75, 3.05) is 26.1 Å². The zero-order valence-electron chi connectivity index (χ0n) is 17.1. The van der Waals surface area contributed by atoms with Gasteiger partial charge in [0.25, 0.3) is 5.91 Å². The van der Waals surface area contributed by atoms with Gasteiger partial charge in [-0.3, -0.25) is 4.79 Å². The Morgan fingerprint density at radius 3 is 2.38 bits per heavy atom. The van der Waals surface area contributed by atoms with Gasteiger partial charge in [0.15, 0.2) is 0 Å². The van der Waals surface area contributed by atoms with Gasteiger partial charge < -0.3 is 19.5 Å². The Morgan fingerprint density at radius 1 is 1.03 bits per heavy atom. The molecule has 0 fully saturated rings. The SMILES string of the molecule is CCCOC(=O)c1c(NC(=O)c2c(OC)cccc2OC)sc2c1CCCCC2. The summed E-state index contributed by atoms with van der Waals surface area (Å²) in [5.41, 5.74) is 1.83. The fourth-order valence-electron chi connectivity index (χ4n) is 3.55. The lowest BCUT2D eigenvalue weighted by Crippen LogP contribution is -2.17. The highest BCUT2D eigenvalue weighted by Gasteiger charge is 2.28. The molecule has 1 aliphatic rings. The Bertz CT molecular complexity index is 867. The van der Waals surface area contributed by atoms with Gasteiger partial charge >= 0.3 is 5.97 Å². The molecule has 0 spiro atoms. The zero-order chi connectivity index (χ0) is 20.8. The highest BCUT2D eigenvalue weighted by atomic mass is 32.1. The van der Waals surface area contributed by atoms with Crippen molar-refractivity contribution in [3.05, 3.63) is 39.8 Å². The lowest BCUT2D eigenvalue weighted by Gasteiger charge is -2.13. The van der Waals surface area contributed by atoms with Gasteiger partial charge in [-0.2, -0.15) is 0 Å². The minimum atomic E-state index is -0.375. The molecule has 0 radical (unpaired) electrons. The van der Waals surface area contributed by atoms with Gasteiger partial charge in [0.1, 0.15) is 22.1 Å². The van der Waals surface area contributed by atoms with Crippen LogP contribution in [-0.2, 0) is 17.6 Å². The van der Waals surface area contributed by atoms with E-state index in [-0.39, 0.29) is 11.9 Å². The van der Waals surface area contributed by atoms with Gasteiger partial charge in [-0.1, -0.05) is 19.4 Å². The summed E-state index contributed by atoms with van der Waals surface area (Å²) in [6.45, 7) is 2.31. The van der Waals surface area contributed by atoms with Gasteiger partial charge in [0.05, 0.1) is 26.4 Å². The van der Waals surface area contributed by atoms with Crippen molar-refractivity contribution in [1.29, 1.82) is 0 Å². The normalized spacial score (nSPS) is 13.2. The first kappa shape index (κ1) is 21.2. The number of methoxy groups -OCH3 is 2. The van der Waals surface area contributed by atoms with Gasteiger partial charge in [-0.15, -0.1) is 11.3 Å². The van der Waals surface area contributed by atoms with E-state index in [0.29, 0.717) is 34.2 Å². The average Bonchev–Trinajstić information content (AvgIpc) is 2.91. The lowest BCUT2D eigenvalue weighted by atomic mass is 10.1. The van der Waals surface area contributed by atoms with Crippen molar-refractivity contribution in [2.24, 2.45) is 0 Å². The quantitative estimate of drug-likeness (QED) is 0.515. The molecule has 0 saturated heterocycles. The van der Waals surface area contributed by atoms with Crippen LogP contribution in [0.4, 0.5) is 5.00 Å². The molecule has 156 valence electrons. The molecule has 0 bridgehead atoms. The van der Waals surface area contributed by atoms with Gasteiger partial charge in [0.2, 0.25) is 0 Å². The van der Waals surface area contributed by atoms with Crippen molar-refractivity contribution >= 4 is 28.2 Å². The highest BCUT2D eigenvalue weighted by Crippen LogP contribution is 2.39. The van der Waals surface area contributed by atoms with E-state index in [1.165, 1.54) is 25.6 Å². The second kappa shape index (κ2) is 9.78. The maximum Gasteiger partial charge on any atom is 0.341 e. The van der Waals surface area contributed by atoms with Crippen molar-refractivity contribution in [2.45, 2.75) is 45.4 Å². The summed E-state index contributed by atoms with van der Waals surface area (Å²) >= 11 is 1.47. The Kier molecular flexibility index (Phi) is 7.14. The second-order valence-electron chi connectivity index (χ2n) is 6.90. The van der Waals surface area contributed by atoms with Crippen molar-refractivity contribution in [3.63, 3.8) is 0 Å². The van der Waals surface area contributed by atoms with Crippen LogP contribution in [0.5, 0.6) is 11.5 Å². The first-order valence-electron chi connectivity index (χ1n) is 9.94. The molecule has 1 heterocycles. The first-order chi connectivity index (χ1) is 14.1. The number of esters is 1. The van der Waals surface area contributed by atoms with Crippen LogP contribution in [0.3, 0.4) is 0 Å². The highest BCUT2D eigenvalue weighted by molar-refractivity contribution is 7.17. The van der Waals surface area contributed by atoms with Crippen molar-refractivity contribution in [3.8, 4) is 11.5 Å². The second-order valence-corrected chi connectivity index (χ2v) is 8.00. The van der Waals surface area contributed by atoms with E-state index in [9.17, 15) is 9.59 Å². The number of hydrogen-bond acceptors (Lipinski definition) is 6. The number of ether oxygens (including phenoxy) is 3. The van der Waals surface area contributed by atoms with Crippen LogP contribution in [0.2, 0.25) is 0 Å². The summed E-state index contributed by atoms with van der Waals surface area (Å²) in [7, 11) is 3.01. The van der Waals surface area contributed by atoms with Crippen LogP contribution in [-0.4, -0.2) is 32.7 Å². The lowest BCUT2D eigenvalue weighted by molar-refractivity contribution is 0.0505. The summed E-state index contributed by atoms with van der Waals surface area (Å²) in [6, 6.07) is 5.17. The van der Waals surface area contributed by atoms with Gasteiger partial charge in [-0.05, 0) is 49.8 Å². The molecule has 1 N–H and O–H groups in total. The van der Waals surface area contributed by atoms with Crippen LogP contribution < -0.4 is 14.8 Å². The van der Waals surface area contributed by atoms with Crippen molar-refractivity contribution < 1.29 is 23.8 Å². The Labute approximate surface area is 175 Å². The number of aryl methyl sites for hydroxylation is 1. The number of benzene rings is 1. The number of thiophene rings is 1. The van der Waals surface area contributed by atoms with E-state index in [1.807, 2.05) is 6.92 Å². The molecule has 3 rings (SSSR count). The smallest absolute Gasteiger partial charge is 0.341 e. The molecule has 29 heavy (non-hydrogen) atoms. The number of fused-ring (bicyclic) bond motifs is 1. The van der Waals surface area contributed by atoms with Gasteiger partial charge in [0, 0.05) is 4.88 Å². The molecule has 7 heteroatoms. The molecule has 1 aromatic heterocycles. The van der Waals surface area contributed by atoms with E-state index >= 15 is 0 Å². The number of carbonyl (C=O) groups excluding carboxylic acids is 2. The standard InChI is InChI=1S/C22H27NO5S/c1-4-13-28-22(25)18-14-9-6-5-7-12-17(14)29-21(18)23-20(24)19-15(26-2)10-8-11-16(19)27-3/h8,10-11H,4-7,9,12-13H2,1-3H3,(H,23,24). The van der Waals surface area contributed by atoms with E-state index < -0.39 is 0 Å². The molecular weight excluding hydrogens is 390 g/mol. The monoisotopic (exact) mass is 417 g/mol. The number of nitrogens with one attached hydrogen (secondary N) is 1. The molecule has 1 aromatic carbocycles. The van der Waals surface area contributed by atoms with Crippen LogP contribution in [0.25, 0.3) is 0 Å². The minimum Gasteiger partial charge on any atom is -0.496 e. The number of hydrogen-bond donors (Lipinski definition) is 1. The third kappa shape index (κ3) is 4.56. The number of rotatable bonds is 7. The van der Waals surface area contributed by atoms with Crippen molar-refractivity contribution in [1.82, 2.24) is 0 Å². The van der Waals surface area contributed by atoms with E-state index in [2.05, 4.69) is 5.32 Å². The molecule has 1 aliphatic carbocycles. The molecule has 0 atom stereocenters. The molecular formula is C22H27NO5S. The fraction of sp³-hybridized carbons (Fsp3) is 0.455. The van der Waals surface area contributed by atoms with Crippen LogP contribution in [0, 0.1) is 0 Å². The topological polar surface area (TPSA) is 73.9 Å². The summed E-state index contributed by atoms with van der Waals surface area (Å²) in [5.74, 6) is 0.0824. The Balaban J connectivity index is 1.99. The molecule has 2 aromatic rings.